The topological polar surface area (TPSA) is 61.8 Å². The van der Waals surface area contributed by atoms with E-state index in [0.717, 1.165) is 5.56 Å². The van der Waals surface area contributed by atoms with Gasteiger partial charge in [0.2, 0.25) is 11.8 Å². The van der Waals surface area contributed by atoms with E-state index in [9.17, 15) is 9.59 Å². The average molecular weight is 390 g/mol. The molecule has 0 saturated heterocycles. The molecule has 2 aromatic carbocycles. The molecular formula is C19H17Cl2N3O2. The number of anilines is 1. The van der Waals surface area contributed by atoms with Crippen molar-refractivity contribution in [1.29, 1.82) is 0 Å². The highest BCUT2D eigenvalue weighted by atomic mass is 35.5. The smallest absolute Gasteiger partial charge is 0.240 e. The van der Waals surface area contributed by atoms with Crippen LogP contribution in [0.3, 0.4) is 0 Å². The first-order chi connectivity index (χ1) is 12.4. The number of hydrazone groups is 1. The van der Waals surface area contributed by atoms with Crippen LogP contribution >= 0.6 is 23.2 Å². The van der Waals surface area contributed by atoms with Gasteiger partial charge in [0.05, 0.1) is 21.8 Å². The highest BCUT2D eigenvalue weighted by Crippen LogP contribution is 2.36. The van der Waals surface area contributed by atoms with E-state index in [0.29, 0.717) is 21.4 Å². The summed E-state index contributed by atoms with van der Waals surface area (Å²) in [6.07, 6.45) is 0. The van der Waals surface area contributed by atoms with Gasteiger partial charge < -0.3 is 5.32 Å². The number of benzene rings is 2. The molecule has 134 valence electrons. The van der Waals surface area contributed by atoms with Crippen molar-refractivity contribution in [1.82, 2.24) is 5.01 Å². The van der Waals surface area contributed by atoms with E-state index < -0.39 is 12.0 Å². The lowest BCUT2D eigenvalue weighted by Crippen LogP contribution is -2.35. The van der Waals surface area contributed by atoms with Gasteiger partial charge in [-0.3, -0.25) is 9.59 Å². The van der Waals surface area contributed by atoms with Gasteiger partial charge in [-0.05, 0) is 30.7 Å². The maximum absolute atomic E-state index is 13.0. The van der Waals surface area contributed by atoms with E-state index in [-0.39, 0.29) is 11.8 Å². The summed E-state index contributed by atoms with van der Waals surface area (Å²) in [5, 5.41) is 9.28. The molecule has 1 aliphatic heterocycles. The SMILES string of the molecule is CC(=O)N1N=C(C)C(C(=O)Nc2ccc(Cl)c(Cl)c2)C1c1ccccc1. The molecule has 2 atom stereocenters. The third-order valence-corrected chi connectivity index (χ3v) is 4.97. The van der Waals surface area contributed by atoms with E-state index in [1.807, 2.05) is 30.3 Å². The molecule has 0 aromatic heterocycles. The second-order valence-electron chi connectivity index (χ2n) is 6.06. The molecule has 0 saturated carbocycles. The zero-order valence-electron chi connectivity index (χ0n) is 14.2. The minimum Gasteiger partial charge on any atom is -0.325 e. The van der Waals surface area contributed by atoms with Crippen LogP contribution in [0, 0.1) is 5.92 Å². The Morgan fingerprint density at radius 2 is 1.77 bits per heavy atom. The number of amides is 2. The Labute approximate surface area is 161 Å². The summed E-state index contributed by atoms with van der Waals surface area (Å²) in [5.41, 5.74) is 1.95. The summed E-state index contributed by atoms with van der Waals surface area (Å²) in [5.74, 6) is -1.08. The molecule has 1 heterocycles. The Balaban J connectivity index is 1.92. The van der Waals surface area contributed by atoms with Gasteiger partial charge in [0, 0.05) is 12.6 Å². The Hall–Kier alpha value is -2.37. The van der Waals surface area contributed by atoms with Crippen LogP contribution in [-0.4, -0.2) is 22.5 Å². The largest absolute Gasteiger partial charge is 0.325 e. The fraction of sp³-hybridized carbons (Fsp3) is 0.211. The maximum Gasteiger partial charge on any atom is 0.240 e. The minimum absolute atomic E-state index is 0.219. The van der Waals surface area contributed by atoms with Crippen molar-refractivity contribution in [2.45, 2.75) is 19.9 Å². The van der Waals surface area contributed by atoms with Gasteiger partial charge in [-0.25, -0.2) is 5.01 Å². The first-order valence-corrected chi connectivity index (χ1v) is 8.80. The van der Waals surface area contributed by atoms with Crippen LogP contribution in [0.4, 0.5) is 5.69 Å². The molecule has 1 aliphatic rings. The van der Waals surface area contributed by atoms with Crippen LogP contribution in [0.25, 0.3) is 0 Å². The summed E-state index contributed by atoms with van der Waals surface area (Å²) in [6, 6.07) is 13.8. The first-order valence-electron chi connectivity index (χ1n) is 8.04. The molecule has 0 aliphatic carbocycles. The third-order valence-electron chi connectivity index (χ3n) is 4.23. The van der Waals surface area contributed by atoms with Gasteiger partial charge in [-0.1, -0.05) is 53.5 Å². The molecule has 5 nitrogen and oxygen atoms in total. The zero-order chi connectivity index (χ0) is 18.8. The van der Waals surface area contributed by atoms with Gasteiger partial charge in [-0.15, -0.1) is 0 Å². The predicted molar refractivity (Wildman–Crippen MR) is 103 cm³/mol. The lowest BCUT2D eigenvalue weighted by molar-refractivity contribution is -0.132. The molecule has 1 N–H and O–H groups in total. The Morgan fingerprint density at radius 1 is 1.08 bits per heavy atom. The van der Waals surface area contributed by atoms with Crippen molar-refractivity contribution in [2.24, 2.45) is 11.0 Å². The van der Waals surface area contributed by atoms with Gasteiger partial charge in [-0.2, -0.15) is 5.10 Å². The van der Waals surface area contributed by atoms with Crippen LogP contribution in [0.1, 0.15) is 25.5 Å². The minimum atomic E-state index is -0.601. The second kappa shape index (κ2) is 7.48. The molecule has 2 amide bonds. The van der Waals surface area contributed by atoms with Crippen molar-refractivity contribution < 1.29 is 9.59 Å². The van der Waals surface area contributed by atoms with Crippen molar-refractivity contribution in [3.05, 3.63) is 64.1 Å². The highest BCUT2D eigenvalue weighted by molar-refractivity contribution is 6.42. The molecule has 3 rings (SSSR count). The van der Waals surface area contributed by atoms with Crippen LogP contribution in [0.2, 0.25) is 10.0 Å². The highest BCUT2D eigenvalue weighted by Gasteiger charge is 2.42. The molecule has 26 heavy (non-hydrogen) atoms. The maximum atomic E-state index is 13.0. The summed E-state index contributed by atoms with van der Waals surface area (Å²) in [4.78, 5) is 25.0. The normalized spacial score (nSPS) is 19.2. The number of carbonyl (C=O) groups excluding carboxylic acids is 2. The second-order valence-corrected chi connectivity index (χ2v) is 6.87. The molecule has 2 aromatic rings. The molecule has 2 unspecified atom stereocenters. The summed E-state index contributed by atoms with van der Waals surface area (Å²) in [6.45, 7) is 3.18. The number of carbonyl (C=O) groups is 2. The standard InChI is InChI=1S/C19H17Cl2N3O2/c1-11-17(19(26)22-14-8-9-15(20)16(21)10-14)18(24(23-11)12(2)25)13-6-4-3-5-7-13/h3-10,17-18H,1-2H3,(H,22,26). The average Bonchev–Trinajstić information content (AvgIpc) is 2.96. The van der Waals surface area contributed by atoms with Crippen LogP contribution in [-0.2, 0) is 9.59 Å². The Bertz CT molecular complexity index is 884. The van der Waals surface area contributed by atoms with Gasteiger partial charge in [0.1, 0.15) is 5.92 Å². The van der Waals surface area contributed by atoms with Crippen molar-refractivity contribution >= 4 is 46.4 Å². The number of rotatable bonds is 3. The van der Waals surface area contributed by atoms with E-state index in [1.54, 1.807) is 25.1 Å². The van der Waals surface area contributed by atoms with Crippen molar-refractivity contribution in [3.63, 3.8) is 0 Å². The van der Waals surface area contributed by atoms with Crippen LogP contribution < -0.4 is 5.32 Å². The Morgan fingerprint density at radius 3 is 2.38 bits per heavy atom. The van der Waals surface area contributed by atoms with Gasteiger partial charge in [0.15, 0.2) is 0 Å². The monoisotopic (exact) mass is 389 g/mol. The first kappa shape index (κ1) is 18.4. The number of nitrogens with one attached hydrogen (secondary N) is 1. The number of hydrogen-bond donors (Lipinski definition) is 1. The molecule has 0 bridgehead atoms. The van der Waals surface area contributed by atoms with Crippen molar-refractivity contribution in [2.75, 3.05) is 5.32 Å². The lowest BCUT2D eigenvalue weighted by Gasteiger charge is -2.25. The molecule has 7 heteroatoms. The fourth-order valence-electron chi connectivity index (χ4n) is 3.04. The summed E-state index contributed by atoms with van der Waals surface area (Å²) >= 11 is 11.9. The molecule has 0 fully saturated rings. The lowest BCUT2D eigenvalue weighted by atomic mass is 9.89. The van der Waals surface area contributed by atoms with E-state index in [4.69, 9.17) is 23.2 Å². The van der Waals surface area contributed by atoms with Crippen LogP contribution in [0.15, 0.2) is 53.6 Å². The molecule has 0 spiro atoms. The summed E-state index contributed by atoms with van der Waals surface area (Å²) < 4.78 is 0. The fourth-order valence-corrected chi connectivity index (χ4v) is 3.34. The quantitative estimate of drug-likeness (QED) is 0.837. The van der Waals surface area contributed by atoms with E-state index in [2.05, 4.69) is 10.4 Å². The zero-order valence-corrected chi connectivity index (χ0v) is 15.8. The number of hydrogen-bond acceptors (Lipinski definition) is 3. The third kappa shape index (κ3) is 3.59. The van der Waals surface area contributed by atoms with Crippen molar-refractivity contribution in [3.8, 4) is 0 Å². The van der Waals surface area contributed by atoms with Crippen LogP contribution in [0.5, 0.6) is 0 Å². The molecule has 0 radical (unpaired) electrons. The Kier molecular flexibility index (Phi) is 5.30. The predicted octanol–water partition coefficient (Wildman–Crippen LogP) is 4.53. The van der Waals surface area contributed by atoms with Gasteiger partial charge in [0.25, 0.3) is 0 Å². The molecular weight excluding hydrogens is 373 g/mol. The number of halogens is 2. The van der Waals surface area contributed by atoms with Gasteiger partial charge >= 0.3 is 0 Å². The van der Waals surface area contributed by atoms with E-state index >= 15 is 0 Å². The summed E-state index contributed by atoms with van der Waals surface area (Å²) in [7, 11) is 0. The van der Waals surface area contributed by atoms with E-state index in [1.165, 1.54) is 11.9 Å². The number of nitrogens with zero attached hydrogens (tertiary/aromatic N) is 2.